The maximum absolute atomic E-state index is 12.4. The summed E-state index contributed by atoms with van der Waals surface area (Å²) >= 11 is 0. The van der Waals surface area contributed by atoms with Crippen LogP contribution in [-0.2, 0) is 0 Å². The summed E-state index contributed by atoms with van der Waals surface area (Å²) in [5, 5.41) is 0. The van der Waals surface area contributed by atoms with E-state index in [1.807, 2.05) is 47.4 Å². The van der Waals surface area contributed by atoms with E-state index in [2.05, 4.69) is 18.2 Å². The number of fused-ring (bicyclic) bond motifs is 1. The standard InChI is InChI=1S/C21H20N2O/c24-21(23-14-3-4-15-23)18-12-10-17(11-13-18)20-9-5-7-16-6-1-2-8-19(16)22-20/h1-2,5-8,10-13H,3-4,9,14-15H2. The van der Waals surface area contributed by atoms with Crippen molar-refractivity contribution in [1.29, 1.82) is 0 Å². The number of likely N-dealkylation sites (tertiary alicyclic amines) is 1. The number of carbonyl (C=O) groups excluding carboxylic acids is 1. The highest BCUT2D eigenvalue weighted by Gasteiger charge is 2.19. The molecule has 3 heteroatoms. The van der Waals surface area contributed by atoms with Gasteiger partial charge in [-0.2, -0.15) is 0 Å². The molecule has 1 amide bonds. The molecule has 120 valence electrons. The largest absolute Gasteiger partial charge is 0.339 e. The third-order valence-corrected chi connectivity index (χ3v) is 4.66. The summed E-state index contributed by atoms with van der Waals surface area (Å²) in [7, 11) is 0. The van der Waals surface area contributed by atoms with E-state index in [4.69, 9.17) is 4.99 Å². The number of nitrogens with zero attached hydrogens (tertiary/aromatic N) is 2. The van der Waals surface area contributed by atoms with Crippen LogP contribution in [0, 0.1) is 0 Å². The van der Waals surface area contributed by atoms with Crippen molar-refractivity contribution in [3.05, 3.63) is 71.3 Å². The van der Waals surface area contributed by atoms with Crippen LogP contribution in [0.3, 0.4) is 0 Å². The van der Waals surface area contributed by atoms with E-state index in [9.17, 15) is 4.79 Å². The maximum Gasteiger partial charge on any atom is 0.253 e. The highest BCUT2D eigenvalue weighted by Crippen LogP contribution is 2.25. The molecule has 4 rings (SSSR count). The van der Waals surface area contributed by atoms with Crippen LogP contribution in [0.1, 0.15) is 40.7 Å². The van der Waals surface area contributed by atoms with Crippen LogP contribution in [0.25, 0.3) is 6.08 Å². The van der Waals surface area contributed by atoms with Crippen LogP contribution in [-0.4, -0.2) is 29.6 Å². The van der Waals surface area contributed by atoms with Crippen molar-refractivity contribution >= 4 is 23.4 Å². The smallest absolute Gasteiger partial charge is 0.253 e. The zero-order valence-electron chi connectivity index (χ0n) is 13.6. The second-order valence-electron chi connectivity index (χ2n) is 6.30. The van der Waals surface area contributed by atoms with Gasteiger partial charge in [0.2, 0.25) is 0 Å². The Morgan fingerprint density at radius 2 is 1.71 bits per heavy atom. The number of hydrogen-bond acceptors (Lipinski definition) is 2. The number of carbonyl (C=O) groups is 1. The predicted molar refractivity (Wildman–Crippen MR) is 97.9 cm³/mol. The molecule has 2 aliphatic rings. The van der Waals surface area contributed by atoms with Crippen LogP contribution >= 0.6 is 0 Å². The molecule has 0 atom stereocenters. The van der Waals surface area contributed by atoms with Gasteiger partial charge in [-0.1, -0.05) is 42.5 Å². The lowest BCUT2D eigenvalue weighted by molar-refractivity contribution is 0.0793. The van der Waals surface area contributed by atoms with Gasteiger partial charge in [-0.05, 0) is 42.2 Å². The lowest BCUT2D eigenvalue weighted by atomic mass is 10.0. The quantitative estimate of drug-likeness (QED) is 0.805. The monoisotopic (exact) mass is 316 g/mol. The van der Waals surface area contributed by atoms with Crippen molar-refractivity contribution in [2.45, 2.75) is 19.3 Å². The Bertz CT molecular complexity index is 812. The summed E-state index contributed by atoms with van der Waals surface area (Å²) in [5.41, 5.74) is 5.03. The van der Waals surface area contributed by atoms with E-state index in [1.165, 1.54) is 0 Å². The van der Waals surface area contributed by atoms with Gasteiger partial charge in [0.05, 0.1) is 11.4 Å². The van der Waals surface area contributed by atoms with Crippen LogP contribution < -0.4 is 0 Å². The van der Waals surface area contributed by atoms with E-state index in [0.29, 0.717) is 0 Å². The molecule has 0 radical (unpaired) electrons. The van der Waals surface area contributed by atoms with Crippen LogP contribution in [0.2, 0.25) is 0 Å². The minimum atomic E-state index is 0.145. The Morgan fingerprint density at radius 3 is 2.50 bits per heavy atom. The summed E-state index contributed by atoms with van der Waals surface area (Å²) in [6, 6.07) is 16.1. The molecular weight excluding hydrogens is 296 g/mol. The molecule has 24 heavy (non-hydrogen) atoms. The number of hydrogen-bond donors (Lipinski definition) is 0. The second kappa shape index (κ2) is 6.44. The second-order valence-corrected chi connectivity index (χ2v) is 6.30. The van der Waals surface area contributed by atoms with E-state index in [0.717, 1.165) is 60.4 Å². The first-order valence-electron chi connectivity index (χ1n) is 8.54. The molecule has 1 saturated heterocycles. The van der Waals surface area contributed by atoms with Gasteiger partial charge in [0.15, 0.2) is 0 Å². The lowest BCUT2D eigenvalue weighted by Crippen LogP contribution is -2.27. The highest BCUT2D eigenvalue weighted by atomic mass is 16.2. The first-order chi connectivity index (χ1) is 11.8. The van der Waals surface area contributed by atoms with Gasteiger partial charge in [-0.3, -0.25) is 9.79 Å². The molecule has 0 unspecified atom stereocenters. The number of allylic oxidation sites excluding steroid dienone is 1. The van der Waals surface area contributed by atoms with Gasteiger partial charge < -0.3 is 4.90 Å². The molecule has 0 spiro atoms. The minimum absolute atomic E-state index is 0.145. The average molecular weight is 316 g/mol. The fraction of sp³-hybridized carbons (Fsp3) is 0.238. The van der Waals surface area contributed by atoms with Gasteiger partial charge in [-0.15, -0.1) is 0 Å². The Hall–Kier alpha value is -2.68. The molecule has 0 aromatic heterocycles. The third kappa shape index (κ3) is 2.90. The molecule has 2 aromatic carbocycles. The molecule has 0 aliphatic carbocycles. The Labute approximate surface area is 142 Å². The molecule has 2 aliphatic heterocycles. The van der Waals surface area contributed by atoms with Crippen molar-refractivity contribution in [3.63, 3.8) is 0 Å². The van der Waals surface area contributed by atoms with Crippen LogP contribution in [0.4, 0.5) is 5.69 Å². The Balaban J connectivity index is 1.60. The molecular formula is C21H20N2O. The highest BCUT2D eigenvalue weighted by molar-refractivity contribution is 6.05. The molecule has 2 aromatic rings. The van der Waals surface area contributed by atoms with E-state index in [-0.39, 0.29) is 5.91 Å². The minimum Gasteiger partial charge on any atom is -0.339 e. The normalized spacial score (nSPS) is 16.5. The predicted octanol–water partition coefficient (Wildman–Crippen LogP) is 4.46. The van der Waals surface area contributed by atoms with Crippen molar-refractivity contribution in [1.82, 2.24) is 4.90 Å². The lowest BCUT2D eigenvalue weighted by Gasteiger charge is -2.15. The van der Waals surface area contributed by atoms with Gasteiger partial charge >= 0.3 is 0 Å². The topological polar surface area (TPSA) is 32.7 Å². The number of benzene rings is 2. The first kappa shape index (κ1) is 14.9. The van der Waals surface area contributed by atoms with Gasteiger partial charge in [0.1, 0.15) is 0 Å². The molecule has 0 bridgehead atoms. The number of aliphatic imine (C=N–C) groups is 1. The van der Waals surface area contributed by atoms with Crippen LogP contribution in [0.5, 0.6) is 0 Å². The van der Waals surface area contributed by atoms with Crippen molar-refractivity contribution in [2.24, 2.45) is 4.99 Å². The van der Waals surface area contributed by atoms with Crippen molar-refractivity contribution in [3.8, 4) is 0 Å². The summed E-state index contributed by atoms with van der Waals surface area (Å²) in [5.74, 6) is 0.145. The number of para-hydroxylation sites is 1. The van der Waals surface area contributed by atoms with Gasteiger partial charge in [0, 0.05) is 25.1 Å². The summed E-state index contributed by atoms with van der Waals surface area (Å²) < 4.78 is 0. The molecule has 3 nitrogen and oxygen atoms in total. The Kier molecular flexibility index (Phi) is 3.99. The Morgan fingerprint density at radius 1 is 0.958 bits per heavy atom. The fourth-order valence-corrected chi connectivity index (χ4v) is 3.31. The van der Waals surface area contributed by atoms with Crippen LogP contribution in [0.15, 0.2) is 59.6 Å². The molecule has 1 fully saturated rings. The number of amides is 1. The zero-order valence-corrected chi connectivity index (χ0v) is 13.6. The third-order valence-electron chi connectivity index (χ3n) is 4.66. The zero-order chi connectivity index (χ0) is 16.4. The average Bonchev–Trinajstić information content (AvgIpc) is 3.08. The summed E-state index contributed by atoms with van der Waals surface area (Å²) in [6.45, 7) is 1.77. The summed E-state index contributed by atoms with van der Waals surface area (Å²) in [4.78, 5) is 19.2. The molecule has 0 saturated carbocycles. The van der Waals surface area contributed by atoms with Crippen molar-refractivity contribution < 1.29 is 4.79 Å². The maximum atomic E-state index is 12.4. The SMILES string of the molecule is O=C(c1ccc(C2=Nc3ccccc3C=CC2)cc1)N1CCCC1. The van der Waals surface area contributed by atoms with E-state index in [1.54, 1.807) is 0 Å². The van der Waals surface area contributed by atoms with Gasteiger partial charge in [0.25, 0.3) is 5.91 Å². The number of rotatable bonds is 2. The summed E-state index contributed by atoms with van der Waals surface area (Å²) in [6.07, 6.45) is 7.30. The molecule has 0 N–H and O–H groups in total. The van der Waals surface area contributed by atoms with Gasteiger partial charge in [-0.25, -0.2) is 0 Å². The molecule has 2 heterocycles. The van der Waals surface area contributed by atoms with E-state index >= 15 is 0 Å². The van der Waals surface area contributed by atoms with E-state index < -0.39 is 0 Å². The van der Waals surface area contributed by atoms with Crippen molar-refractivity contribution in [2.75, 3.05) is 13.1 Å². The fourth-order valence-electron chi connectivity index (χ4n) is 3.31. The first-order valence-corrected chi connectivity index (χ1v) is 8.54.